The van der Waals surface area contributed by atoms with Crippen LogP contribution in [0.25, 0.3) is 0 Å². The third kappa shape index (κ3) is 2.86. The summed E-state index contributed by atoms with van der Waals surface area (Å²) in [6.07, 6.45) is 0.663. The van der Waals surface area contributed by atoms with Gasteiger partial charge in [0.1, 0.15) is 0 Å². The van der Waals surface area contributed by atoms with Crippen molar-refractivity contribution >= 4 is 11.3 Å². The molecule has 0 saturated heterocycles. The van der Waals surface area contributed by atoms with E-state index in [9.17, 15) is 0 Å². The Morgan fingerprint density at radius 3 is 3.09 bits per heavy atom. The summed E-state index contributed by atoms with van der Waals surface area (Å²) in [5, 5.41) is 11.3. The van der Waals surface area contributed by atoms with E-state index in [4.69, 9.17) is 9.84 Å². The molecule has 1 N–H and O–H groups in total. The topological polar surface area (TPSA) is 42.4 Å². The van der Waals surface area contributed by atoms with E-state index < -0.39 is 0 Å². The van der Waals surface area contributed by atoms with Crippen LogP contribution in [0.5, 0.6) is 5.88 Å². The van der Waals surface area contributed by atoms with Gasteiger partial charge in [-0.2, -0.15) is 0 Å². The van der Waals surface area contributed by atoms with Crippen LogP contribution in [-0.4, -0.2) is 23.3 Å². The minimum absolute atomic E-state index is 0.170. The van der Waals surface area contributed by atoms with Gasteiger partial charge in [-0.1, -0.05) is 0 Å². The highest BCUT2D eigenvalue weighted by atomic mass is 32.1. The van der Waals surface area contributed by atoms with Gasteiger partial charge < -0.3 is 9.84 Å². The van der Waals surface area contributed by atoms with Gasteiger partial charge in [-0.3, -0.25) is 0 Å². The lowest BCUT2D eigenvalue weighted by atomic mass is 10.5. The van der Waals surface area contributed by atoms with Gasteiger partial charge in [-0.15, -0.1) is 11.3 Å². The fraction of sp³-hybridized carbons (Fsp3) is 0.571. The third-order valence-corrected chi connectivity index (χ3v) is 1.90. The standard InChI is InChI=1S/C7H11NO2S/c1-6-8-7(5-11-6)10-4-2-3-9/h5,9H,2-4H2,1H3. The lowest BCUT2D eigenvalue weighted by Gasteiger charge is -1.98. The maximum Gasteiger partial charge on any atom is 0.224 e. The molecule has 0 aliphatic heterocycles. The van der Waals surface area contributed by atoms with Crippen LogP contribution < -0.4 is 4.74 Å². The van der Waals surface area contributed by atoms with Crippen molar-refractivity contribution in [3.05, 3.63) is 10.4 Å². The molecule has 0 aromatic carbocycles. The first-order valence-corrected chi connectivity index (χ1v) is 4.36. The van der Waals surface area contributed by atoms with E-state index in [1.54, 1.807) is 11.3 Å². The molecule has 0 radical (unpaired) electrons. The molecule has 0 bridgehead atoms. The van der Waals surface area contributed by atoms with Gasteiger partial charge >= 0.3 is 0 Å². The Morgan fingerprint density at radius 1 is 1.73 bits per heavy atom. The number of hydrogen-bond acceptors (Lipinski definition) is 4. The Morgan fingerprint density at radius 2 is 2.55 bits per heavy atom. The van der Waals surface area contributed by atoms with Crippen LogP contribution in [-0.2, 0) is 0 Å². The quantitative estimate of drug-likeness (QED) is 0.696. The first-order valence-electron chi connectivity index (χ1n) is 3.48. The van der Waals surface area contributed by atoms with E-state index in [1.807, 2.05) is 12.3 Å². The molecule has 4 heteroatoms. The van der Waals surface area contributed by atoms with Crippen molar-refractivity contribution in [2.45, 2.75) is 13.3 Å². The first-order chi connectivity index (χ1) is 5.33. The van der Waals surface area contributed by atoms with Gasteiger partial charge in [0, 0.05) is 13.0 Å². The zero-order chi connectivity index (χ0) is 8.10. The van der Waals surface area contributed by atoms with Crippen LogP contribution in [0, 0.1) is 6.92 Å². The van der Waals surface area contributed by atoms with Crippen molar-refractivity contribution in [1.29, 1.82) is 0 Å². The Kier molecular flexibility index (Phi) is 3.32. The summed E-state index contributed by atoms with van der Waals surface area (Å²) in [6, 6.07) is 0. The van der Waals surface area contributed by atoms with Crippen molar-refractivity contribution < 1.29 is 9.84 Å². The van der Waals surface area contributed by atoms with E-state index in [1.165, 1.54) is 0 Å². The van der Waals surface area contributed by atoms with Gasteiger partial charge in [0.05, 0.1) is 17.0 Å². The van der Waals surface area contributed by atoms with Crippen LogP contribution in [0.3, 0.4) is 0 Å². The highest BCUT2D eigenvalue weighted by Crippen LogP contribution is 2.14. The van der Waals surface area contributed by atoms with E-state index in [-0.39, 0.29) is 6.61 Å². The van der Waals surface area contributed by atoms with Crippen LogP contribution in [0.4, 0.5) is 0 Å². The summed E-state index contributed by atoms with van der Waals surface area (Å²) >= 11 is 1.56. The second-order valence-electron chi connectivity index (χ2n) is 2.13. The van der Waals surface area contributed by atoms with Gasteiger partial charge in [0.25, 0.3) is 0 Å². The Hall–Kier alpha value is -0.610. The average Bonchev–Trinajstić information content (AvgIpc) is 2.37. The Labute approximate surface area is 69.7 Å². The van der Waals surface area contributed by atoms with Gasteiger partial charge in [-0.25, -0.2) is 4.98 Å². The number of aromatic nitrogens is 1. The number of thiazole rings is 1. The molecule has 3 nitrogen and oxygen atoms in total. The largest absolute Gasteiger partial charge is 0.477 e. The Balaban J connectivity index is 2.27. The second kappa shape index (κ2) is 4.31. The number of aryl methyl sites for hydroxylation is 1. The molecular formula is C7H11NO2S. The zero-order valence-corrected chi connectivity index (χ0v) is 7.23. The lowest BCUT2D eigenvalue weighted by molar-refractivity contribution is 0.230. The number of hydrogen-bond donors (Lipinski definition) is 1. The maximum absolute atomic E-state index is 8.45. The molecule has 62 valence electrons. The molecule has 1 heterocycles. The van der Waals surface area contributed by atoms with E-state index in [2.05, 4.69) is 4.98 Å². The van der Waals surface area contributed by atoms with Crippen LogP contribution in [0.15, 0.2) is 5.38 Å². The highest BCUT2D eigenvalue weighted by Gasteiger charge is 1.96. The number of aliphatic hydroxyl groups excluding tert-OH is 1. The predicted octanol–water partition coefficient (Wildman–Crippen LogP) is 1.21. The van der Waals surface area contributed by atoms with Crippen molar-refractivity contribution in [3.8, 4) is 5.88 Å². The third-order valence-electron chi connectivity index (χ3n) is 1.15. The monoisotopic (exact) mass is 173 g/mol. The van der Waals surface area contributed by atoms with Crippen molar-refractivity contribution in [2.75, 3.05) is 13.2 Å². The van der Waals surface area contributed by atoms with Crippen molar-refractivity contribution in [3.63, 3.8) is 0 Å². The van der Waals surface area contributed by atoms with Gasteiger partial charge in [0.15, 0.2) is 0 Å². The summed E-state index contributed by atoms with van der Waals surface area (Å²) in [7, 11) is 0. The number of aliphatic hydroxyl groups is 1. The number of nitrogens with zero attached hydrogens (tertiary/aromatic N) is 1. The molecule has 0 aliphatic carbocycles. The normalized spacial score (nSPS) is 10.0. The van der Waals surface area contributed by atoms with Crippen LogP contribution in [0.1, 0.15) is 11.4 Å². The van der Waals surface area contributed by atoms with Gasteiger partial charge in [0.2, 0.25) is 5.88 Å². The molecule has 1 rings (SSSR count). The second-order valence-corrected chi connectivity index (χ2v) is 3.19. The summed E-state index contributed by atoms with van der Waals surface area (Å²) < 4.78 is 5.21. The summed E-state index contributed by atoms with van der Waals surface area (Å²) in [5.74, 6) is 0.668. The number of ether oxygens (including phenoxy) is 1. The SMILES string of the molecule is Cc1nc(OCCCO)cs1. The smallest absolute Gasteiger partial charge is 0.224 e. The molecule has 0 saturated carbocycles. The molecule has 0 unspecified atom stereocenters. The van der Waals surface area contributed by atoms with E-state index in [0.717, 1.165) is 5.01 Å². The minimum atomic E-state index is 0.170. The molecular weight excluding hydrogens is 162 g/mol. The predicted molar refractivity (Wildman–Crippen MR) is 44.0 cm³/mol. The molecule has 1 aromatic heterocycles. The molecule has 0 fully saturated rings. The molecule has 0 aliphatic rings. The summed E-state index contributed by atoms with van der Waals surface area (Å²) in [5.41, 5.74) is 0. The average molecular weight is 173 g/mol. The molecule has 1 aromatic rings. The molecule has 11 heavy (non-hydrogen) atoms. The fourth-order valence-electron chi connectivity index (χ4n) is 0.651. The molecule has 0 atom stereocenters. The van der Waals surface area contributed by atoms with E-state index >= 15 is 0 Å². The zero-order valence-electron chi connectivity index (χ0n) is 6.41. The highest BCUT2D eigenvalue weighted by molar-refractivity contribution is 7.09. The van der Waals surface area contributed by atoms with Crippen LogP contribution >= 0.6 is 11.3 Å². The fourth-order valence-corrected chi connectivity index (χ4v) is 1.19. The van der Waals surface area contributed by atoms with E-state index in [0.29, 0.717) is 18.9 Å². The minimum Gasteiger partial charge on any atom is -0.477 e. The Bertz CT molecular complexity index is 212. The van der Waals surface area contributed by atoms with Crippen molar-refractivity contribution in [2.24, 2.45) is 0 Å². The van der Waals surface area contributed by atoms with Crippen molar-refractivity contribution in [1.82, 2.24) is 4.98 Å². The lowest BCUT2D eigenvalue weighted by Crippen LogP contribution is -1.99. The maximum atomic E-state index is 8.45. The molecule has 0 spiro atoms. The number of rotatable bonds is 4. The van der Waals surface area contributed by atoms with Gasteiger partial charge in [-0.05, 0) is 6.92 Å². The molecule has 0 amide bonds. The van der Waals surface area contributed by atoms with Crippen LogP contribution in [0.2, 0.25) is 0 Å². The first kappa shape index (κ1) is 8.49. The summed E-state index contributed by atoms with van der Waals surface area (Å²) in [4.78, 5) is 4.10. The summed E-state index contributed by atoms with van der Waals surface area (Å²) in [6.45, 7) is 2.65.